The van der Waals surface area contributed by atoms with Crippen molar-refractivity contribution in [3.8, 4) is 0 Å². The van der Waals surface area contributed by atoms with E-state index in [1.807, 2.05) is 30.9 Å². The maximum absolute atomic E-state index is 13.6. The molecule has 0 bridgehead atoms. The van der Waals surface area contributed by atoms with Gasteiger partial charge in [0.2, 0.25) is 0 Å². The van der Waals surface area contributed by atoms with Crippen LogP contribution in [0.4, 0.5) is 11.4 Å². The summed E-state index contributed by atoms with van der Waals surface area (Å²) in [6.07, 6.45) is 0. The lowest BCUT2D eigenvalue weighted by atomic mass is 10.0. The summed E-state index contributed by atoms with van der Waals surface area (Å²) in [5, 5.41) is 0. The lowest BCUT2D eigenvalue weighted by molar-refractivity contribution is 0.0999. The molecule has 0 aliphatic heterocycles. The highest BCUT2D eigenvalue weighted by molar-refractivity contribution is 6.11. The van der Waals surface area contributed by atoms with Gasteiger partial charge in [0.15, 0.2) is 0 Å². The second-order valence-electron chi connectivity index (χ2n) is 7.71. The summed E-state index contributed by atoms with van der Waals surface area (Å²) in [6, 6.07) is 18.6. The van der Waals surface area contributed by atoms with Crippen molar-refractivity contribution >= 4 is 17.3 Å². The predicted molar refractivity (Wildman–Crippen MR) is 114 cm³/mol. The second kappa shape index (κ2) is 7.40. The first-order chi connectivity index (χ1) is 12.7. The number of nitrogens with zero attached hydrogens (tertiary/aromatic N) is 1. The van der Waals surface area contributed by atoms with Crippen LogP contribution < -0.4 is 4.90 Å². The zero-order chi connectivity index (χ0) is 19.7. The first-order valence-corrected chi connectivity index (χ1v) is 9.32. The first-order valence-electron chi connectivity index (χ1n) is 9.32. The molecule has 0 aliphatic carbocycles. The third-order valence-electron chi connectivity index (χ3n) is 4.60. The van der Waals surface area contributed by atoms with E-state index in [2.05, 4.69) is 70.2 Å². The quantitative estimate of drug-likeness (QED) is 0.523. The second-order valence-corrected chi connectivity index (χ2v) is 7.71. The Labute approximate surface area is 162 Å². The minimum absolute atomic E-state index is 0.00296. The fourth-order valence-corrected chi connectivity index (χ4v) is 3.77. The third kappa shape index (κ3) is 4.28. The summed E-state index contributed by atoms with van der Waals surface area (Å²) in [7, 11) is 0. The number of hydrogen-bond donors (Lipinski definition) is 0. The monoisotopic (exact) mass is 357 g/mol. The maximum Gasteiger partial charge on any atom is 0.262 e. The molecule has 2 nitrogen and oxygen atoms in total. The zero-order valence-corrected chi connectivity index (χ0v) is 17.1. The highest BCUT2D eigenvalue weighted by Crippen LogP contribution is 2.31. The number of benzene rings is 3. The molecule has 1 amide bonds. The van der Waals surface area contributed by atoms with Gasteiger partial charge in [-0.1, -0.05) is 29.3 Å². The van der Waals surface area contributed by atoms with Crippen molar-refractivity contribution in [3.05, 3.63) is 93.5 Å². The van der Waals surface area contributed by atoms with Gasteiger partial charge in [-0.25, -0.2) is 0 Å². The van der Waals surface area contributed by atoms with Crippen LogP contribution in [0.3, 0.4) is 0 Å². The number of carbonyl (C=O) groups is 1. The lowest BCUT2D eigenvalue weighted by Crippen LogP contribution is -2.26. The van der Waals surface area contributed by atoms with Crippen LogP contribution in [0.1, 0.15) is 43.7 Å². The molecule has 27 heavy (non-hydrogen) atoms. The number of aryl methyl sites for hydroxylation is 6. The van der Waals surface area contributed by atoms with Crippen molar-refractivity contribution in [2.75, 3.05) is 4.90 Å². The normalized spacial score (nSPS) is 10.7. The summed E-state index contributed by atoms with van der Waals surface area (Å²) in [5.41, 5.74) is 9.30. The van der Waals surface area contributed by atoms with Crippen molar-refractivity contribution in [2.24, 2.45) is 0 Å². The van der Waals surface area contributed by atoms with Gasteiger partial charge in [-0.2, -0.15) is 0 Å². The molecule has 0 saturated carbocycles. The largest absolute Gasteiger partial charge is 0.277 e. The van der Waals surface area contributed by atoms with E-state index in [9.17, 15) is 4.79 Å². The molecule has 2 heteroatoms. The highest BCUT2D eigenvalue weighted by atomic mass is 16.2. The van der Waals surface area contributed by atoms with Gasteiger partial charge < -0.3 is 0 Å². The molecule has 0 unspecified atom stereocenters. The lowest BCUT2D eigenvalue weighted by Gasteiger charge is -2.25. The summed E-state index contributed by atoms with van der Waals surface area (Å²) >= 11 is 0. The molecule has 0 spiro atoms. The minimum atomic E-state index is -0.00296. The van der Waals surface area contributed by atoms with E-state index >= 15 is 0 Å². The Kier molecular flexibility index (Phi) is 5.18. The predicted octanol–water partition coefficient (Wildman–Crippen LogP) is 6.52. The average molecular weight is 357 g/mol. The summed E-state index contributed by atoms with van der Waals surface area (Å²) in [6.45, 7) is 12.3. The molecule has 0 atom stereocenters. The van der Waals surface area contributed by atoms with Gasteiger partial charge >= 0.3 is 0 Å². The molecule has 3 rings (SSSR count). The van der Waals surface area contributed by atoms with Crippen LogP contribution in [0.15, 0.2) is 54.6 Å². The van der Waals surface area contributed by atoms with Gasteiger partial charge in [0.1, 0.15) is 0 Å². The molecule has 3 aromatic rings. The fourth-order valence-electron chi connectivity index (χ4n) is 3.77. The van der Waals surface area contributed by atoms with Crippen molar-refractivity contribution in [3.63, 3.8) is 0 Å². The Morgan fingerprint density at radius 1 is 0.519 bits per heavy atom. The van der Waals surface area contributed by atoms with Crippen molar-refractivity contribution in [1.29, 1.82) is 0 Å². The summed E-state index contributed by atoms with van der Waals surface area (Å²) in [5.74, 6) is -0.00296. The van der Waals surface area contributed by atoms with Crippen molar-refractivity contribution < 1.29 is 4.79 Å². The van der Waals surface area contributed by atoms with Crippen LogP contribution >= 0.6 is 0 Å². The highest BCUT2D eigenvalue weighted by Gasteiger charge is 2.21. The van der Waals surface area contributed by atoms with Gasteiger partial charge in [-0.05, 0) is 100 Å². The van der Waals surface area contributed by atoms with E-state index in [0.29, 0.717) is 5.56 Å². The molecule has 3 aromatic carbocycles. The SMILES string of the molecule is Cc1cc(C)cc(C(=O)N(c2cc(C)cc(C)c2)c2cc(C)cc(C)c2)c1. The van der Waals surface area contributed by atoms with Crippen LogP contribution in [0.2, 0.25) is 0 Å². The first kappa shape index (κ1) is 18.9. The fraction of sp³-hybridized carbons (Fsp3) is 0.240. The van der Waals surface area contributed by atoms with Gasteiger partial charge in [0.25, 0.3) is 5.91 Å². The Morgan fingerprint density at radius 2 is 0.815 bits per heavy atom. The Bertz CT molecular complexity index is 905. The van der Waals surface area contributed by atoms with E-state index < -0.39 is 0 Å². The standard InChI is InChI=1S/C25H27NO/c1-16-7-17(2)11-22(10-16)25(27)26(23-12-18(3)8-19(4)13-23)24-14-20(5)9-21(6)15-24/h7-15H,1-6H3. The van der Waals surface area contributed by atoms with Gasteiger partial charge in [-0.15, -0.1) is 0 Å². The van der Waals surface area contributed by atoms with E-state index in [1.165, 1.54) is 0 Å². The maximum atomic E-state index is 13.6. The van der Waals surface area contributed by atoms with Gasteiger partial charge in [0, 0.05) is 16.9 Å². The summed E-state index contributed by atoms with van der Waals surface area (Å²) in [4.78, 5) is 15.5. The van der Waals surface area contributed by atoms with Crippen LogP contribution in [-0.4, -0.2) is 5.91 Å². The molecule has 0 N–H and O–H groups in total. The minimum Gasteiger partial charge on any atom is -0.277 e. The molecule has 138 valence electrons. The third-order valence-corrected chi connectivity index (χ3v) is 4.60. The van der Waals surface area contributed by atoms with E-state index in [-0.39, 0.29) is 5.91 Å². The number of amides is 1. The van der Waals surface area contributed by atoms with Crippen molar-refractivity contribution in [1.82, 2.24) is 0 Å². The molecule has 0 aliphatic rings. The molecule has 0 radical (unpaired) electrons. The van der Waals surface area contributed by atoms with E-state index in [1.54, 1.807) is 0 Å². The molecular weight excluding hydrogens is 330 g/mol. The summed E-state index contributed by atoms with van der Waals surface area (Å²) < 4.78 is 0. The number of rotatable bonds is 3. The van der Waals surface area contributed by atoms with Crippen molar-refractivity contribution in [2.45, 2.75) is 41.5 Å². The Hall–Kier alpha value is -2.87. The van der Waals surface area contributed by atoms with Gasteiger partial charge in [0.05, 0.1) is 0 Å². The zero-order valence-electron chi connectivity index (χ0n) is 17.1. The van der Waals surface area contributed by atoms with E-state index in [4.69, 9.17) is 0 Å². The van der Waals surface area contributed by atoms with Crippen LogP contribution in [0.5, 0.6) is 0 Å². The topological polar surface area (TPSA) is 20.3 Å². The van der Waals surface area contributed by atoms with Gasteiger partial charge in [-0.3, -0.25) is 9.69 Å². The van der Waals surface area contributed by atoms with Crippen LogP contribution in [0.25, 0.3) is 0 Å². The molecule has 0 saturated heterocycles. The molecule has 0 aromatic heterocycles. The van der Waals surface area contributed by atoms with E-state index in [0.717, 1.165) is 44.8 Å². The smallest absolute Gasteiger partial charge is 0.262 e. The molecule has 0 fully saturated rings. The molecule has 0 heterocycles. The van der Waals surface area contributed by atoms with Crippen LogP contribution in [-0.2, 0) is 0 Å². The Morgan fingerprint density at radius 3 is 1.15 bits per heavy atom. The molecular formula is C25H27NO. The van der Waals surface area contributed by atoms with Crippen LogP contribution in [0, 0.1) is 41.5 Å². The average Bonchev–Trinajstić information content (AvgIpc) is 2.52. The number of hydrogen-bond acceptors (Lipinski definition) is 1. The Balaban J connectivity index is 2.21. The number of anilines is 2. The number of carbonyl (C=O) groups excluding carboxylic acids is 1.